The quantitative estimate of drug-likeness (QED) is 0.817. The van der Waals surface area contributed by atoms with Gasteiger partial charge in [-0.2, -0.15) is 9.61 Å². The van der Waals surface area contributed by atoms with E-state index in [0.717, 1.165) is 24.6 Å². The van der Waals surface area contributed by atoms with E-state index in [0.29, 0.717) is 5.92 Å². The van der Waals surface area contributed by atoms with Crippen LogP contribution in [0.15, 0.2) is 18.5 Å². The molecule has 2 heterocycles. The molecule has 0 fully saturated rings. The third-order valence-electron chi connectivity index (χ3n) is 2.71. The number of hydrogen-bond donors (Lipinski definition) is 2. The molecule has 0 spiro atoms. The molecule has 0 radical (unpaired) electrons. The summed E-state index contributed by atoms with van der Waals surface area (Å²) in [5, 5.41) is 10.8. The van der Waals surface area contributed by atoms with Crippen LogP contribution >= 0.6 is 0 Å². The summed E-state index contributed by atoms with van der Waals surface area (Å²) in [4.78, 5) is 4.20. The van der Waals surface area contributed by atoms with Crippen molar-refractivity contribution in [1.29, 1.82) is 0 Å². The van der Waals surface area contributed by atoms with Crippen molar-refractivity contribution >= 4 is 11.5 Å². The van der Waals surface area contributed by atoms with Gasteiger partial charge < -0.3 is 10.6 Å². The Morgan fingerprint density at radius 2 is 2.18 bits per heavy atom. The van der Waals surface area contributed by atoms with E-state index in [4.69, 9.17) is 0 Å². The first-order valence-corrected chi connectivity index (χ1v) is 5.89. The van der Waals surface area contributed by atoms with Gasteiger partial charge in [-0.3, -0.25) is 0 Å². The van der Waals surface area contributed by atoms with E-state index in [9.17, 15) is 0 Å². The summed E-state index contributed by atoms with van der Waals surface area (Å²) in [6.45, 7) is 6.19. The second-order valence-electron chi connectivity index (χ2n) is 4.49. The number of anilines is 1. The average molecular weight is 233 g/mol. The zero-order chi connectivity index (χ0) is 12.3. The first-order valence-electron chi connectivity index (χ1n) is 5.89. The summed E-state index contributed by atoms with van der Waals surface area (Å²) in [5.74, 6) is 1.57. The molecule has 2 aromatic heterocycles. The summed E-state index contributed by atoms with van der Waals surface area (Å²) in [7, 11) is 1.97. The maximum Gasteiger partial charge on any atom is 0.157 e. The highest BCUT2D eigenvalue weighted by Crippen LogP contribution is 2.13. The van der Waals surface area contributed by atoms with Crippen LogP contribution in [0.4, 0.5) is 5.82 Å². The number of pyridine rings is 1. The van der Waals surface area contributed by atoms with Crippen LogP contribution in [-0.2, 0) is 0 Å². The summed E-state index contributed by atoms with van der Waals surface area (Å²) in [5.41, 5.74) is 2.07. The SMILES string of the molecule is CNCC(C)CNc1cc(C)cc2ncnn12. The highest BCUT2D eigenvalue weighted by Gasteiger charge is 2.05. The lowest BCUT2D eigenvalue weighted by Crippen LogP contribution is -2.23. The van der Waals surface area contributed by atoms with Crippen molar-refractivity contribution in [2.45, 2.75) is 13.8 Å². The summed E-state index contributed by atoms with van der Waals surface area (Å²) in [6, 6.07) is 4.11. The number of fused-ring (bicyclic) bond motifs is 1. The predicted molar refractivity (Wildman–Crippen MR) is 69.3 cm³/mol. The standard InChI is InChI=1S/C12H19N5/c1-9-4-11(14-7-10(2)6-13-3)17-12(5-9)15-8-16-17/h4-5,8,10,13-14H,6-7H2,1-3H3. The van der Waals surface area contributed by atoms with Crippen molar-refractivity contribution in [3.63, 3.8) is 0 Å². The molecule has 5 heteroatoms. The normalized spacial score (nSPS) is 12.9. The Morgan fingerprint density at radius 3 is 2.94 bits per heavy atom. The van der Waals surface area contributed by atoms with Crippen molar-refractivity contribution in [2.24, 2.45) is 5.92 Å². The van der Waals surface area contributed by atoms with Crippen LogP contribution < -0.4 is 10.6 Å². The van der Waals surface area contributed by atoms with Gasteiger partial charge in [0.25, 0.3) is 0 Å². The molecule has 2 rings (SSSR count). The molecule has 0 aliphatic rings. The molecule has 5 nitrogen and oxygen atoms in total. The smallest absolute Gasteiger partial charge is 0.157 e. The average Bonchev–Trinajstić information content (AvgIpc) is 2.74. The Bertz CT molecular complexity index is 491. The highest BCUT2D eigenvalue weighted by molar-refractivity contribution is 5.51. The molecule has 0 saturated heterocycles. The molecule has 2 aromatic rings. The second kappa shape index (κ2) is 5.14. The highest BCUT2D eigenvalue weighted by atomic mass is 15.3. The number of hydrogen-bond acceptors (Lipinski definition) is 4. The van der Waals surface area contributed by atoms with Gasteiger partial charge in [-0.15, -0.1) is 0 Å². The zero-order valence-electron chi connectivity index (χ0n) is 10.6. The van der Waals surface area contributed by atoms with Crippen LogP contribution in [0, 0.1) is 12.8 Å². The van der Waals surface area contributed by atoms with Crippen LogP contribution in [0.1, 0.15) is 12.5 Å². The number of rotatable bonds is 5. The third-order valence-corrected chi connectivity index (χ3v) is 2.71. The molecule has 2 N–H and O–H groups in total. The summed E-state index contributed by atoms with van der Waals surface area (Å²) < 4.78 is 1.83. The van der Waals surface area contributed by atoms with Crippen molar-refractivity contribution in [3.8, 4) is 0 Å². The molecule has 1 unspecified atom stereocenters. The van der Waals surface area contributed by atoms with Crippen LogP contribution in [-0.4, -0.2) is 34.7 Å². The van der Waals surface area contributed by atoms with Gasteiger partial charge in [0.1, 0.15) is 12.1 Å². The molecule has 0 aliphatic carbocycles. The lowest BCUT2D eigenvalue weighted by Gasteiger charge is -2.14. The van der Waals surface area contributed by atoms with E-state index in [1.165, 1.54) is 5.56 Å². The fourth-order valence-electron chi connectivity index (χ4n) is 1.88. The number of nitrogens with zero attached hydrogens (tertiary/aromatic N) is 3. The largest absolute Gasteiger partial charge is 0.370 e. The first kappa shape index (κ1) is 11.9. The van der Waals surface area contributed by atoms with Crippen LogP contribution in [0.3, 0.4) is 0 Å². The fraction of sp³-hybridized carbons (Fsp3) is 0.500. The second-order valence-corrected chi connectivity index (χ2v) is 4.49. The Labute approximate surface area is 101 Å². The van der Waals surface area contributed by atoms with Gasteiger partial charge in [0, 0.05) is 6.54 Å². The minimum Gasteiger partial charge on any atom is -0.370 e. The number of aryl methyl sites for hydroxylation is 1. The van der Waals surface area contributed by atoms with Gasteiger partial charge in [-0.05, 0) is 44.1 Å². The van der Waals surface area contributed by atoms with E-state index < -0.39 is 0 Å². The number of nitrogens with one attached hydrogen (secondary N) is 2. The van der Waals surface area contributed by atoms with Crippen molar-refractivity contribution in [1.82, 2.24) is 19.9 Å². The van der Waals surface area contributed by atoms with E-state index >= 15 is 0 Å². The Morgan fingerprint density at radius 1 is 1.35 bits per heavy atom. The molecule has 17 heavy (non-hydrogen) atoms. The lowest BCUT2D eigenvalue weighted by atomic mass is 10.2. The van der Waals surface area contributed by atoms with E-state index in [2.05, 4.69) is 40.6 Å². The summed E-state index contributed by atoms with van der Waals surface area (Å²) >= 11 is 0. The van der Waals surface area contributed by atoms with Crippen molar-refractivity contribution in [2.75, 3.05) is 25.5 Å². The Kier molecular flexibility index (Phi) is 3.58. The molecule has 0 amide bonds. The van der Waals surface area contributed by atoms with E-state index in [1.807, 2.05) is 17.6 Å². The minimum absolute atomic E-state index is 0.569. The summed E-state index contributed by atoms with van der Waals surface area (Å²) in [6.07, 6.45) is 1.58. The monoisotopic (exact) mass is 233 g/mol. The Balaban J connectivity index is 2.14. The predicted octanol–water partition coefficient (Wildman–Crippen LogP) is 1.31. The molecule has 0 saturated carbocycles. The van der Waals surface area contributed by atoms with Gasteiger partial charge >= 0.3 is 0 Å². The number of aromatic nitrogens is 3. The molecule has 0 aliphatic heterocycles. The molecule has 0 aromatic carbocycles. The Hall–Kier alpha value is -1.62. The lowest BCUT2D eigenvalue weighted by molar-refractivity contribution is 0.568. The van der Waals surface area contributed by atoms with Gasteiger partial charge in [0.2, 0.25) is 0 Å². The fourth-order valence-corrected chi connectivity index (χ4v) is 1.88. The van der Waals surface area contributed by atoms with Crippen molar-refractivity contribution < 1.29 is 0 Å². The molecular formula is C12H19N5. The topological polar surface area (TPSA) is 54.2 Å². The maximum absolute atomic E-state index is 4.21. The first-order chi connectivity index (χ1) is 8.20. The molecule has 0 bridgehead atoms. The van der Waals surface area contributed by atoms with E-state index in [-0.39, 0.29) is 0 Å². The third kappa shape index (κ3) is 2.74. The maximum atomic E-state index is 4.21. The molecular weight excluding hydrogens is 214 g/mol. The minimum atomic E-state index is 0.569. The van der Waals surface area contributed by atoms with E-state index in [1.54, 1.807) is 6.33 Å². The van der Waals surface area contributed by atoms with Crippen LogP contribution in [0.5, 0.6) is 0 Å². The van der Waals surface area contributed by atoms with Gasteiger partial charge in [0.05, 0.1) is 0 Å². The molecule has 1 atom stereocenters. The van der Waals surface area contributed by atoms with Gasteiger partial charge in [-0.1, -0.05) is 6.92 Å². The van der Waals surface area contributed by atoms with Gasteiger partial charge in [-0.25, -0.2) is 4.98 Å². The van der Waals surface area contributed by atoms with Crippen molar-refractivity contribution in [3.05, 3.63) is 24.0 Å². The van der Waals surface area contributed by atoms with Crippen LogP contribution in [0.25, 0.3) is 5.65 Å². The van der Waals surface area contributed by atoms with Gasteiger partial charge in [0.15, 0.2) is 5.65 Å². The van der Waals surface area contributed by atoms with Crippen LogP contribution in [0.2, 0.25) is 0 Å². The zero-order valence-corrected chi connectivity index (χ0v) is 10.6. The molecule has 92 valence electrons.